The van der Waals surface area contributed by atoms with Crippen LogP contribution in [-0.2, 0) is 4.74 Å². The second kappa shape index (κ2) is 8.87. The van der Waals surface area contributed by atoms with Crippen molar-refractivity contribution in [3.63, 3.8) is 0 Å². The first-order chi connectivity index (χ1) is 11.2. The maximum absolute atomic E-state index is 12.2. The van der Waals surface area contributed by atoms with Gasteiger partial charge in [-0.05, 0) is 36.5 Å². The minimum atomic E-state index is -0.173. The first-order valence-corrected chi connectivity index (χ1v) is 7.61. The first kappa shape index (κ1) is 16.9. The van der Waals surface area contributed by atoms with Gasteiger partial charge in [-0.15, -0.1) is 0 Å². The van der Waals surface area contributed by atoms with Crippen LogP contribution in [0.3, 0.4) is 0 Å². The standard InChI is InChI=1S/C17H19N3O2S/c1-22-12-11-18-16(21)14-9-5-6-10-15(14)20-17(23)19-13-7-3-2-4-8-13/h2-10H,11-12H2,1H3,(H,18,21)(H2,19,20,23). The summed E-state index contributed by atoms with van der Waals surface area (Å²) in [5.74, 6) is -0.173. The van der Waals surface area contributed by atoms with E-state index in [-0.39, 0.29) is 5.91 Å². The third-order valence-corrected chi connectivity index (χ3v) is 3.25. The van der Waals surface area contributed by atoms with E-state index in [9.17, 15) is 4.79 Å². The molecule has 0 spiro atoms. The zero-order chi connectivity index (χ0) is 16.5. The average molecular weight is 329 g/mol. The summed E-state index contributed by atoms with van der Waals surface area (Å²) < 4.78 is 4.93. The van der Waals surface area contributed by atoms with E-state index in [2.05, 4.69) is 16.0 Å². The van der Waals surface area contributed by atoms with Crippen molar-refractivity contribution in [3.8, 4) is 0 Å². The van der Waals surface area contributed by atoms with Crippen molar-refractivity contribution >= 4 is 34.6 Å². The molecule has 0 fully saturated rings. The Morgan fingerprint density at radius 3 is 2.48 bits per heavy atom. The van der Waals surface area contributed by atoms with Gasteiger partial charge in [0.2, 0.25) is 0 Å². The normalized spacial score (nSPS) is 9.96. The highest BCUT2D eigenvalue weighted by atomic mass is 32.1. The molecule has 3 N–H and O–H groups in total. The van der Waals surface area contributed by atoms with Crippen molar-refractivity contribution in [3.05, 3.63) is 60.2 Å². The zero-order valence-electron chi connectivity index (χ0n) is 12.8. The second-order valence-corrected chi connectivity index (χ2v) is 5.15. The fourth-order valence-corrected chi connectivity index (χ4v) is 2.19. The third kappa shape index (κ3) is 5.36. The number of thiocarbonyl (C=S) groups is 1. The quantitative estimate of drug-likeness (QED) is 0.562. The molecule has 0 atom stereocenters. The molecule has 1 amide bonds. The molecule has 2 aromatic carbocycles. The topological polar surface area (TPSA) is 62.4 Å². The summed E-state index contributed by atoms with van der Waals surface area (Å²) in [6, 6.07) is 16.8. The summed E-state index contributed by atoms with van der Waals surface area (Å²) in [6.07, 6.45) is 0. The lowest BCUT2D eigenvalue weighted by Gasteiger charge is -2.14. The van der Waals surface area contributed by atoms with Gasteiger partial charge in [-0.25, -0.2) is 0 Å². The summed E-state index contributed by atoms with van der Waals surface area (Å²) >= 11 is 5.30. The van der Waals surface area contributed by atoms with Gasteiger partial charge in [0.05, 0.1) is 17.9 Å². The number of carbonyl (C=O) groups excluding carboxylic acids is 1. The predicted molar refractivity (Wildman–Crippen MR) is 96.9 cm³/mol. The fraction of sp³-hybridized carbons (Fsp3) is 0.176. The van der Waals surface area contributed by atoms with Crippen LogP contribution >= 0.6 is 12.2 Å². The molecule has 120 valence electrons. The molecule has 0 aliphatic rings. The number of methoxy groups -OCH3 is 1. The highest BCUT2D eigenvalue weighted by Crippen LogP contribution is 2.15. The Hall–Kier alpha value is -2.44. The van der Waals surface area contributed by atoms with E-state index in [4.69, 9.17) is 17.0 Å². The highest BCUT2D eigenvalue weighted by Gasteiger charge is 2.11. The Bertz CT molecular complexity index is 662. The smallest absolute Gasteiger partial charge is 0.253 e. The van der Waals surface area contributed by atoms with Gasteiger partial charge in [0.15, 0.2) is 5.11 Å². The molecule has 0 saturated heterocycles. The zero-order valence-corrected chi connectivity index (χ0v) is 13.7. The lowest BCUT2D eigenvalue weighted by Crippen LogP contribution is -2.28. The van der Waals surface area contributed by atoms with Gasteiger partial charge >= 0.3 is 0 Å². The maximum Gasteiger partial charge on any atom is 0.253 e. The molecule has 0 unspecified atom stereocenters. The van der Waals surface area contributed by atoms with Gasteiger partial charge in [-0.2, -0.15) is 0 Å². The Morgan fingerprint density at radius 1 is 1.04 bits per heavy atom. The number of nitrogens with one attached hydrogen (secondary N) is 3. The van der Waals surface area contributed by atoms with Crippen molar-refractivity contribution in [2.75, 3.05) is 30.9 Å². The van der Waals surface area contributed by atoms with Crippen LogP contribution in [0.1, 0.15) is 10.4 Å². The van der Waals surface area contributed by atoms with Crippen molar-refractivity contribution in [2.45, 2.75) is 0 Å². The SMILES string of the molecule is COCCNC(=O)c1ccccc1NC(=S)Nc1ccccc1. The van der Waals surface area contributed by atoms with E-state index < -0.39 is 0 Å². The van der Waals surface area contributed by atoms with Crippen LogP contribution in [0.15, 0.2) is 54.6 Å². The lowest BCUT2D eigenvalue weighted by molar-refractivity contribution is 0.0938. The molecule has 0 aliphatic heterocycles. The second-order valence-electron chi connectivity index (χ2n) is 4.74. The van der Waals surface area contributed by atoms with Gasteiger partial charge in [0, 0.05) is 19.3 Å². The van der Waals surface area contributed by atoms with Crippen molar-refractivity contribution in [1.82, 2.24) is 5.32 Å². The minimum Gasteiger partial charge on any atom is -0.383 e. The molecule has 0 aromatic heterocycles. The first-order valence-electron chi connectivity index (χ1n) is 7.20. The molecule has 0 radical (unpaired) electrons. The van der Waals surface area contributed by atoms with E-state index >= 15 is 0 Å². The third-order valence-electron chi connectivity index (χ3n) is 3.04. The van der Waals surface area contributed by atoms with Crippen LogP contribution in [-0.4, -0.2) is 31.3 Å². The number of anilines is 2. The van der Waals surface area contributed by atoms with Gasteiger partial charge in [-0.3, -0.25) is 4.79 Å². The fourth-order valence-electron chi connectivity index (χ4n) is 1.96. The highest BCUT2D eigenvalue weighted by molar-refractivity contribution is 7.80. The molecule has 5 nitrogen and oxygen atoms in total. The van der Waals surface area contributed by atoms with Crippen molar-refractivity contribution < 1.29 is 9.53 Å². The van der Waals surface area contributed by atoms with E-state index in [1.165, 1.54) is 0 Å². The number of amides is 1. The van der Waals surface area contributed by atoms with Gasteiger partial charge in [-0.1, -0.05) is 30.3 Å². The molecule has 0 heterocycles. The minimum absolute atomic E-state index is 0.173. The van der Waals surface area contributed by atoms with Crippen LogP contribution < -0.4 is 16.0 Å². The average Bonchev–Trinajstić information content (AvgIpc) is 2.56. The van der Waals surface area contributed by atoms with Crippen LogP contribution in [0.25, 0.3) is 0 Å². The molecule has 2 rings (SSSR count). The summed E-state index contributed by atoms with van der Waals surface area (Å²) in [7, 11) is 1.59. The monoisotopic (exact) mass is 329 g/mol. The number of benzene rings is 2. The van der Waals surface area contributed by atoms with Crippen molar-refractivity contribution in [1.29, 1.82) is 0 Å². The number of ether oxygens (including phenoxy) is 1. The number of rotatable bonds is 6. The van der Waals surface area contributed by atoms with Crippen LogP contribution in [0.2, 0.25) is 0 Å². The summed E-state index contributed by atoms with van der Waals surface area (Å²) in [6.45, 7) is 0.922. The van der Waals surface area contributed by atoms with Gasteiger partial charge in [0.1, 0.15) is 0 Å². The van der Waals surface area contributed by atoms with E-state index in [1.807, 2.05) is 48.5 Å². The summed E-state index contributed by atoms with van der Waals surface area (Å²) in [4.78, 5) is 12.2. The molecule has 0 bridgehead atoms. The number of carbonyl (C=O) groups is 1. The largest absolute Gasteiger partial charge is 0.383 e. The summed E-state index contributed by atoms with van der Waals surface area (Å²) in [5, 5.41) is 9.36. The molecular weight excluding hydrogens is 310 g/mol. The maximum atomic E-state index is 12.2. The van der Waals surface area contributed by atoms with Crippen LogP contribution in [0.5, 0.6) is 0 Å². The Balaban J connectivity index is 2.02. The number of hydrogen-bond acceptors (Lipinski definition) is 3. The van der Waals surface area contributed by atoms with Gasteiger partial charge in [0.25, 0.3) is 5.91 Å². The molecule has 23 heavy (non-hydrogen) atoms. The van der Waals surface area contributed by atoms with Crippen LogP contribution in [0, 0.1) is 0 Å². The number of hydrogen-bond donors (Lipinski definition) is 3. The molecule has 6 heteroatoms. The Kier molecular flexibility index (Phi) is 6.53. The Labute approximate surface area is 141 Å². The van der Waals surface area contributed by atoms with Crippen LogP contribution in [0.4, 0.5) is 11.4 Å². The summed E-state index contributed by atoms with van der Waals surface area (Å²) in [5.41, 5.74) is 2.06. The molecule has 0 saturated carbocycles. The lowest BCUT2D eigenvalue weighted by atomic mass is 10.1. The molecule has 2 aromatic rings. The number of para-hydroxylation sites is 2. The van der Waals surface area contributed by atoms with E-state index in [0.29, 0.717) is 29.5 Å². The Morgan fingerprint density at radius 2 is 1.74 bits per heavy atom. The van der Waals surface area contributed by atoms with E-state index in [0.717, 1.165) is 5.69 Å². The molecular formula is C17H19N3O2S. The predicted octanol–water partition coefficient (Wildman–Crippen LogP) is 2.87. The molecule has 0 aliphatic carbocycles. The van der Waals surface area contributed by atoms with Crippen molar-refractivity contribution in [2.24, 2.45) is 0 Å². The van der Waals surface area contributed by atoms with Gasteiger partial charge < -0.3 is 20.7 Å². The van der Waals surface area contributed by atoms with E-state index in [1.54, 1.807) is 13.2 Å².